The maximum Gasteiger partial charge on any atom is 0.303 e. The number of aromatic hydroxyl groups is 1. The van der Waals surface area contributed by atoms with Gasteiger partial charge in [0, 0.05) is 154 Å². The predicted molar refractivity (Wildman–Crippen MR) is 417 cm³/mol. The Morgan fingerprint density at radius 3 is 1.87 bits per heavy atom. The molecule has 31 nitrogen and oxygen atoms in total. The molecule has 0 aliphatic rings. The van der Waals surface area contributed by atoms with Crippen LogP contribution in [0.3, 0.4) is 0 Å². The van der Waals surface area contributed by atoms with Gasteiger partial charge in [-0.1, -0.05) is 54.2 Å². The van der Waals surface area contributed by atoms with Crippen LogP contribution in [0.15, 0.2) is 124 Å². The number of aliphatic hydroxyl groups excluding tert-OH is 1. The van der Waals surface area contributed by atoms with E-state index in [1.54, 1.807) is 55.5 Å². The van der Waals surface area contributed by atoms with Gasteiger partial charge in [0.2, 0.25) is 29.5 Å². The topological polar surface area (TPSA) is 507 Å². The molecule has 0 aliphatic heterocycles. The molecular weight excluding hydrogens is 1500 g/mol. The average molecular weight is 1600 g/mol. The number of ketones is 5. The largest absolute Gasteiger partial charge is 0.508 e. The van der Waals surface area contributed by atoms with Gasteiger partial charge in [-0.3, -0.25) is 66.7 Å². The van der Waals surface area contributed by atoms with Crippen LogP contribution in [0.5, 0.6) is 5.75 Å². The highest BCUT2D eigenvalue weighted by atomic mass is 32.7. The number of azo groups is 1. The Morgan fingerprint density at radius 1 is 0.627 bits per heavy atom. The summed E-state index contributed by atoms with van der Waals surface area (Å²) in [4.78, 5) is 161. The van der Waals surface area contributed by atoms with Gasteiger partial charge < -0.3 is 67.9 Å². The number of phenolic OH excluding ortho intramolecular Hbond substituents is 1. The number of carbonyl (C=O) groups excluding carboxylic acids is 10. The zero-order chi connectivity index (χ0) is 80.9. The molecule has 598 valence electrons. The van der Waals surface area contributed by atoms with E-state index in [9.17, 15) is 95.5 Å². The van der Waals surface area contributed by atoms with Gasteiger partial charge in [-0.15, -0.1) is 0 Å². The second-order valence-electron chi connectivity index (χ2n) is 26.3. The first-order valence-electron chi connectivity index (χ1n) is 35.9. The van der Waals surface area contributed by atoms with E-state index in [4.69, 9.17) is 16.0 Å². The van der Waals surface area contributed by atoms with Crippen LogP contribution in [0.25, 0.3) is 10.8 Å². The fourth-order valence-electron chi connectivity index (χ4n) is 11.5. The van der Waals surface area contributed by atoms with E-state index in [1.807, 2.05) is 31.1 Å². The summed E-state index contributed by atoms with van der Waals surface area (Å²) in [7, 11) is -0.667. The van der Waals surface area contributed by atoms with Gasteiger partial charge in [0.05, 0.1) is 43.1 Å². The van der Waals surface area contributed by atoms with E-state index >= 15 is 0 Å². The zero-order valence-corrected chi connectivity index (χ0v) is 65.0. The molecule has 0 heterocycles. The van der Waals surface area contributed by atoms with Gasteiger partial charge in [0.15, 0.2) is 23.1 Å². The molecule has 1 unspecified atom stereocenters. The molecule has 0 bridgehead atoms. The lowest BCUT2D eigenvalue weighted by Gasteiger charge is -2.25. The number of benzene rings is 5. The third-order valence-electron chi connectivity index (χ3n) is 17.6. The van der Waals surface area contributed by atoms with Gasteiger partial charge in [-0.05, 0) is 130 Å². The summed E-state index contributed by atoms with van der Waals surface area (Å²) >= 11 is 2.17. The minimum atomic E-state index is -4.46. The summed E-state index contributed by atoms with van der Waals surface area (Å²) < 4.78 is 53.3. The van der Waals surface area contributed by atoms with Crippen molar-refractivity contribution in [3.63, 3.8) is 0 Å². The fourth-order valence-corrected chi connectivity index (χ4v) is 18.2. The summed E-state index contributed by atoms with van der Waals surface area (Å²) in [6, 6.07) is 25.2. The summed E-state index contributed by atoms with van der Waals surface area (Å²) in [6.45, 7) is -2.75. The third-order valence-corrected chi connectivity index (χ3v) is 24.7. The normalized spacial score (nSPS) is 13.7. The number of aliphatic carboxylic acids is 2. The Morgan fingerprint density at radius 2 is 1.25 bits per heavy atom. The Balaban J connectivity index is 1.22. The highest BCUT2D eigenvalue weighted by molar-refractivity contribution is 8.56. The standard InChI is InChI=1S/C75H99N10O21PS3/c1-4-106-107(102,109-38-36-79-69(93)31-29-57(87)11-9-35-78-62-14-7-13-61-60(62)12-8-15-68(61)110(103,104)105)37-39-108-47-53(44-65(90)49-18-21-54(22-19-49)83-84-55-23-25-56(26-24-55)85(2)3)73(99)80-45-59(89)41-51(20-32-70(94)95)74(100)82-64(46-86)67(92)43-52(40-48-16-27-58(88)28-17-48)75(101)81-63(30-33-71(96)97)66(91)42-50(72(77)98)10-5-6-34-76/h7-8,12-19,21-28,50-53,63-64,78,86,88H,4-6,9-11,20,29-47,76H2,1-3H3,(H2,77,98)(H,79,93)(H,80,99)(H,81,101)(H,82,100)(H,94,95)(H,96,97)(H,103,104,105)/t50-,51-,52-,53+,63+,64+,107?/m1/s1. The number of carboxylic acid groups (broad SMARTS) is 2. The van der Waals surface area contributed by atoms with Crippen molar-refractivity contribution in [1.29, 1.82) is 0 Å². The average Bonchev–Trinajstić information content (AvgIpc) is 0.789. The molecule has 0 aromatic heterocycles. The molecule has 5 amide bonds. The predicted octanol–water partition coefficient (Wildman–Crippen LogP) is 7.91. The van der Waals surface area contributed by atoms with Crippen molar-refractivity contribution in [3.05, 3.63) is 120 Å². The van der Waals surface area contributed by atoms with Crippen molar-refractivity contribution >= 4 is 144 Å². The van der Waals surface area contributed by atoms with Crippen LogP contribution in [0.2, 0.25) is 0 Å². The van der Waals surface area contributed by atoms with Crippen molar-refractivity contribution in [2.75, 3.05) is 87.1 Å². The molecule has 7 atom stereocenters. The number of hydrogen-bond donors (Lipinski definition) is 12. The number of hydrogen-bond acceptors (Lipinski definition) is 25. The molecule has 5 aromatic carbocycles. The smallest absolute Gasteiger partial charge is 0.303 e. The summed E-state index contributed by atoms with van der Waals surface area (Å²) in [5.74, 6) is -14.5. The number of fused-ring (bicyclic) bond motifs is 1. The van der Waals surface area contributed by atoms with Gasteiger partial charge in [-0.25, -0.2) is 0 Å². The first kappa shape index (κ1) is 91.3. The Hall–Kier alpha value is -9.28. The Labute approximate surface area is 646 Å². The Bertz CT molecular complexity index is 4170. The molecule has 0 aliphatic carbocycles. The molecule has 0 spiro atoms. The molecule has 5 aromatic rings. The molecule has 0 fully saturated rings. The number of primary amides is 1. The maximum absolute atomic E-state index is 14.2. The number of carbonyl (C=O) groups is 12. The van der Waals surface area contributed by atoms with Crippen molar-refractivity contribution in [3.8, 4) is 5.75 Å². The third kappa shape index (κ3) is 32.7. The molecule has 110 heavy (non-hydrogen) atoms. The van der Waals surface area contributed by atoms with E-state index in [2.05, 4.69) is 36.8 Å². The number of unbranched alkanes of at least 4 members (excludes halogenated alkanes) is 1. The maximum atomic E-state index is 14.2. The molecule has 0 saturated carbocycles. The van der Waals surface area contributed by atoms with Crippen LogP contribution in [0, 0.1) is 23.7 Å². The molecule has 14 N–H and O–H groups in total. The van der Waals surface area contributed by atoms with Crippen LogP contribution in [0.1, 0.15) is 119 Å². The van der Waals surface area contributed by atoms with Gasteiger partial charge in [0.1, 0.15) is 22.5 Å². The quantitative estimate of drug-likeness (QED) is 0.00578. The molecule has 35 heteroatoms. The van der Waals surface area contributed by atoms with Crippen molar-refractivity contribution in [2.24, 2.45) is 45.4 Å². The lowest BCUT2D eigenvalue weighted by Crippen LogP contribution is -2.49. The number of aliphatic hydroxyl groups is 1. The highest BCUT2D eigenvalue weighted by Gasteiger charge is 2.35. The van der Waals surface area contributed by atoms with E-state index in [-0.39, 0.29) is 90.7 Å². The first-order chi connectivity index (χ1) is 52.3. The van der Waals surface area contributed by atoms with Crippen molar-refractivity contribution in [2.45, 2.75) is 127 Å². The monoisotopic (exact) mass is 1600 g/mol. The number of rotatable bonds is 55. The van der Waals surface area contributed by atoms with Gasteiger partial charge in [-0.2, -0.15) is 30.4 Å². The second kappa shape index (κ2) is 47.0. The van der Waals surface area contributed by atoms with E-state index in [0.717, 1.165) is 17.1 Å². The van der Waals surface area contributed by atoms with Crippen LogP contribution >= 0.6 is 29.7 Å². The number of nitrogens with zero attached hydrogens (tertiary/aromatic N) is 3. The van der Waals surface area contributed by atoms with Crippen LogP contribution in [-0.4, -0.2) is 193 Å². The molecule has 0 saturated heterocycles. The second-order valence-corrected chi connectivity index (χ2v) is 33.9. The van der Waals surface area contributed by atoms with Crippen LogP contribution in [-0.2, 0) is 78.4 Å². The summed E-state index contributed by atoms with van der Waals surface area (Å²) in [5, 5.41) is 62.5. The number of amides is 5. The number of Topliss-reactive ketones (excluding diaryl/α,β-unsaturated/α-hetero) is 5. The lowest BCUT2D eigenvalue weighted by atomic mass is 9.89. The molecule has 0 radical (unpaired) electrons. The van der Waals surface area contributed by atoms with Crippen LogP contribution in [0.4, 0.5) is 22.7 Å². The number of thioether (sulfide) groups is 1. The minimum absolute atomic E-state index is 0.00884. The zero-order valence-electron chi connectivity index (χ0n) is 61.7. The lowest BCUT2D eigenvalue weighted by molar-refractivity contribution is -0.139. The summed E-state index contributed by atoms with van der Waals surface area (Å²) in [5.41, 5.74) is 14.4. The number of carboxylic acids is 2. The van der Waals surface area contributed by atoms with Gasteiger partial charge >= 0.3 is 11.9 Å². The SMILES string of the molecule is CCOP(=O)(CCSC[C@H](CC(=O)c1ccc(N=Nc2ccc(N(C)C)cc2)cc1)C(=O)NCC(=O)C[C@@H](CCC(=O)O)C(=O)N[C@@H](CO)C(=O)C[C@@H](Cc1ccc(O)cc1)C(=O)N[C@@H](CCC(=O)O)C(=O)C[C@@H](CCCCN)C(N)=O)SCCNC(=O)CCC(=O)CCCNc1cccc2c(S(=O)(=O)O)cccc12. The van der Waals surface area contributed by atoms with E-state index < -0.39 is 182 Å². The summed E-state index contributed by atoms with van der Waals surface area (Å²) in [6.07, 6.45) is -3.05. The van der Waals surface area contributed by atoms with Crippen molar-refractivity contribution in [1.82, 2.24) is 21.3 Å². The highest BCUT2D eigenvalue weighted by Crippen LogP contribution is 2.59. The van der Waals surface area contributed by atoms with Gasteiger partial charge in [0.25, 0.3) is 16.7 Å². The molecule has 5 rings (SSSR count). The van der Waals surface area contributed by atoms with E-state index in [0.29, 0.717) is 65.8 Å². The van der Waals surface area contributed by atoms with E-state index in [1.165, 1.54) is 60.3 Å². The number of nitrogens with one attached hydrogen (secondary N) is 5. The number of phenols is 1. The van der Waals surface area contributed by atoms with Crippen LogP contribution < -0.4 is 43.0 Å². The Kier molecular flexibility index (Phi) is 39.1. The minimum Gasteiger partial charge on any atom is -0.508 e. The van der Waals surface area contributed by atoms with Crippen molar-refractivity contribution < 1.29 is 100 Å². The first-order valence-corrected chi connectivity index (χ1v) is 41.9. The fraction of sp³-hybridized carbons (Fsp3) is 0.467. The number of nitrogens with two attached hydrogens (primary N) is 2. The molecular formula is C75H99N10O21PS3. The number of anilines is 2.